The van der Waals surface area contributed by atoms with Gasteiger partial charge in [-0.2, -0.15) is 0 Å². The summed E-state index contributed by atoms with van der Waals surface area (Å²) in [6, 6.07) is -0.603. The summed E-state index contributed by atoms with van der Waals surface area (Å²) in [4.78, 5) is 27.4. The van der Waals surface area contributed by atoms with Crippen molar-refractivity contribution in [2.45, 2.75) is 18.9 Å². The number of piperidine rings is 1. The molecule has 0 aliphatic carbocycles. The van der Waals surface area contributed by atoms with E-state index >= 15 is 0 Å². The van der Waals surface area contributed by atoms with Gasteiger partial charge in [-0.1, -0.05) is 0 Å². The maximum Gasteiger partial charge on any atom is 0.253 e. The first-order valence-electron chi connectivity index (χ1n) is 4.16. The molecule has 0 aromatic carbocycles. The average molecular weight is 199 g/mol. The zero-order chi connectivity index (χ0) is 10.7. The number of amides is 2. The normalized spacial score (nSPS) is 24.0. The topological polar surface area (TPSA) is 114 Å². The molecule has 0 aromatic heterocycles. The molecule has 1 unspecified atom stereocenters. The molecule has 14 heavy (non-hydrogen) atoms. The van der Waals surface area contributed by atoms with Crippen molar-refractivity contribution in [3.8, 4) is 0 Å². The number of carbonyl (C=O) groups excluding carboxylic acids is 2. The molecule has 0 radical (unpaired) electrons. The fraction of sp³-hybridized carbons (Fsp3) is 0.571. The minimum absolute atomic E-state index is 0.00824. The molecule has 1 aliphatic rings. The van der Waals surface area contributed by atoms with E-state index in [-0.39, 0.29) is 17.8 Å². The second-order valence-electron chi connectivity index (χ2n) is 3.00. The second kappa shape index (κ2) is 4.05. The van der Waals surface area contributed by atoms with Crippen LogP contribution in [0.2, 0.25) is 0 Å². The van der Waals surface area contributed by atoms with Crippen molar-refractivity contribution >= 4 is 17.8 Å². The maximum atomic E-state index is 11.5. The summed E-state index contributed by atoms with van der Waals surface area (Å²) < 4.78 is 0. The van der Waals surface area contributed by atoms with E-state index in [0.717, 1.165) is 4.90 Å². The number of imide groups is 1. The molecule has 7 nitrogen and oxygen atoms in total. The van der Waals surface area contributed by atoms with Gasteiger partial charge in [-0.3, -0.25) is 19.9 Å². The van der Waals surface area contributed by atoms with Crippen molar-refractivity contribution in [2.75, 3.05) is 7.05 Å². The van der Waals surface area contributed by atoms with Crippen LogP contribution in [0.25, 0.3) is 0 Å². The number of hydrogen-bond donors (Lipinski definition) is 3. The van der Waals surface area contributed by atoms with E-state index < -0.39 is 6.04 Å². The van der Waals surface area contributed by atoms with Crippen LogP contribution >= 0.6 is 0 Å². The molecule has 0 saturated carbocycles. The molecule has 0 bridgehead atoms. The lowest BCUT2D eigenvalue weighted by atomic mass is 10.1. The minimum atomic E-state index is -0.603. The van der Waals surface area contributed by atoms with Crippen LogP contribution in [-0.2, 0) is 9.59 Å². The van der Waals surface area contributed by atoms with Crippen molar-refractivity contribution in [1.29, 1.82) is 0 Å². The van der Waals surface area contributed by atoms with E-state index in [4.69, 9.17) is 11.6 Å². The summed E-state index contributed by atoms with van der Waals surface area (Å²) in [5.41, 5.74) is 7.44. The fourth-order valence-corrected chi connectivity index (χ4v) is 1.22. The zero-order valence-corrected chi connectivity index (χ0v) is 7.86. The van der Waals surface area contributed by atoms with Crippen LogP contribution in [0.1, 0.15) is 12.8 Å². The third-order valence-corrected chi connectivity index (χ3v) is 2.06. The number of hydrazine groups is 1. The summed E-state index contributed by atoms with van der Waals surface area (Å²) in [7, 11) is 1.43. The Kier molecular flexibility index (Phi) is 3.03. The highest BCUT2D eigenvalue weighted by molar-refractivity contribution is 6.00. The van der Waals surface area contributed by atoms with Gasteiger partial charge in [0.15, 0.2) is 0 Å². The number of nitrogens with two attached hydrogens (primary N) is 2. The lowest BCUT2D eigenvalue weighted by Crippen LogP contribution is -2.46. The summed E-state index contributed by atoms with van der Waals surface area (Å²) in [5, 5.41) is 0. The highest BCUT2D eigenvalue weighted by Gasteiger charge is 2.31. The molecule has 0 aromatic rings. The third kappa shape index (κ3) is 1.99. The minimum Gasteiger partial charge on any atom is -0.369 e. The van der Waals surface area contributed by atoms with Gasteiger partial charge in [-0.05, 0) is 6.42 Å². The Labute approximate surface area is 81.1 Å². The quantitative estimate of drug-likeness (QED) is 0.147. The van der Waals surface area contributed by atoms with Crippen molar-refractivity contribution in [1.82, 2.24) is 10.3 Å². The lowest BCUT2D eigenvalue weighted by molar-refractivity contribution is -0.147. The SMILES string of the molecule is CN1C(=O)CCC(N=C(N)NN)C1=O. The molecule has 5 N–H and O–H groups in total. The van der Waals surface area contributed by atoms with E-state index in [1.165, 1.54) is 7.05 Å². The van der Waals surface area contributed by atoms with Crippen LogP contribution in [-0.4, -0.2) is 35.8 Å². The first-order chi connectivity index (χ1) is 6.56. The summed E-state index contributed by atoms with van der Waals surface area (Å²) in [6.07, 6.45) is 0.679. The largest absolute Gasteiger partial charge is 0.369 e. The predicted molar refractivity (Wildman–Crippen MR) is 49.7 cm³/mol. The first-order valence-corrected chi connectivity index (χ1v) is 4.16. The Morgan fingerprint density at radius 2 is 2.29 bits per heavy atom. The lowest BCUT2D eigenvalue weighted by Gasteiger charge is -2.25. The second-order valence-corrected chi connectivity index (χ2v) is 3.00. The fourth-order valence-electron chi connectivity index (χ4n) is 1.22. The molecule has 1 fully saturated rings. The van der Waals surface area contributed by atoms with Gasteiger partial charge in [0.2, 0.25) is 11.9 Å². The van der Waals surface area contributed by atoms with E-state index in [9.17, 15) is 9.59 Å². The standard InChI is InChI=1S/C7H13N5O2/c1-12-5(13)3-2-4(6(12)14)10-7(8)11-9/h4H,2-3,9H2,1H3,(H3,8,10,11). The monoisotopic (exact) mass is 199 g/mol. The summed E-state index contributed by atoms with van der Waals surface area (Å²) >= 11 is 0. The van der Waals surface area contributed by atoms with Crippen molar-refractivity contribution < 1.29 is 9.59 Å². The van der Waals surface area contributed by atoms with Gasteiger partial charge in [0.1, 0.15) is 6.04 Å². The van der Waals surface area contributed by atoms with Crippen LogP contribution in [0.4, 0.5) is 0 Å². The van der Waals surface area contributed by atoms with Crippen LogP contribution in [0.15, 0.2) is 4.99 Å². The number of guanidine groups is 1. The number of rotatable bonds is 1. The highest BCUT2D eigenvalue weighted by atomic mass is 16.2. The molecule has 1 aliphatic heterocycles. The van der Waals surface area contributed by atoms with Gasteiger partial charge >= 0.3 is 0 Å². The Morgan fingerprint density at radius 3 is 2.86 bits per heavy atom. The van der Waals surface area contributed by atoms with E-state index in [2.05, 4.69) is 10.4 Å². The van der Waals surface area contributed by atoms with Gasteiger partial charge in [0.05, 0.1) is 0 Å². The van der Waals surface area contributed by atoms with Gasteiger partial charge in [0, 0.05) is 13.5 Å². The average Bonchev–Trinajstić information content (AvgIpc) is 2.19. The van der Waals surface area contributed by atoms with Crippen molar-refractivity contribution in [3.63, 3.8) is 0 Å². The molecule has 1 saturated heterocycles. The number of hydrogen-bond acceptors (Lipinski definition) is 4. The smallest absolute Gasteiger partial charge is 0.253 e. The molecule has 1 rings (SSSR count). The molecular weight excluding hydrogens is 186 g/mol. The number of likely N-dealkylation sites (N-methyl/N-ethyl adjacent to an activating group) is 1. The number of carbonyl (C=O) groups is 2. The number of nitrogens with one attached hydrogen (secondary N) is 1. The Balaban J connectivity index is 2.74. The van der Waals surface area contributed by atoms with Crippen LogP contribution in [0.3, 0.4) is 0 Å². The number of nitrogens with zero attached hydrogens (tertiary/aromatic N) is 2. The highest BCUT2D eigenvalue weighted by Crippen LogP contribution is 2.13. The molecule has 78 valence electrons. The van der Waals surface area contributed by atoms with Crippen LogP contribution in [0.5, 0.6) is 0 Å². The van der Waals surface area contributed by atoms with Crippen LogP contribution < -0.4 is 17.0 Å². The van der Waals surface area contributed by atoms with Crippen LogP contribution in [0, 0.1) is 0 Å². The van der Waals surface area contributed by atoms with E-state index in [1.54, 1.807) is 0 Å². The number of likely N-dealkylation sites (tertiary alicyclic amines) is 1. The van der Waals surface area contributed by atoms with E-state index in [0.29, 0.717) is 12.8 Å². The van der Waals surface area contributed by atoms with Gasteiger partial charge in [-0.15, -0.1) is 0 Å². The maximum absolute atomic E-state index is 11.5. The first kappa shape index (κ1) is 10.5. The predicted octanol–water partition coefficient (Wildman–Crippen LogP) is -2.09. The zero-order valence-electron chi connectivity index (χ0n) is 7.86. The molecule has 2 amide bonds. The molecule has 0 spiro atoms. The number of aliphatic imine (C=N–C) groups is 1. The third-order valence-electron chi connectivity index (χ3n) is 2.06. The van der Waals surface area contributed by atoms with E-state index in [1.807, 2.05) is 0 Å². The molecule has 7 heteroatoms. The summed E-state index contributed by atoms with van der Waals surface area (Å²) in [5.74, 6) is 4.45. The van der Waals surface area contributed by atoms with Crippen molar-refractivity contribution in [3.05, 3.63) is 0 Å². The Hall–Kier alpha value is -1.63. The molecule has 1 heterocycles. The Morgan fingerprint density at radius 1 is 1.64 bits per heavy atom. The molecule has 1 atom stereocenters. The molecular formula is C7H13N5O2. The van der Waals surface area contributed by atoms with Crippen molar-refractivity contribution in [2.24, 2.45) is 16.6 Å². The van der Waals surface area contributed by atoms with Gasteiger partial charge in [-0.25, -0.2) is 10.8 Å². The Bertz CT molecular complexity index is 288. The summed E-state index contributed by atoms with van der Waals surface area (Å²) in [6.45, 7) is 0. The van der Waals surface area contributed by atoms with Gasteiger partial charge in [0.25, 0.3) is 5.91 Å². The van der Waals surface area contributed by atoms with Gasteiger partial charge < -0.3 is 5.73 Å².